The number of hydrogen-bond donors (Lipinski definition) is 1. The van der Waals surface area contributed by atoms with Crippen LogP contribution in [-0.2, 0) is 25.9 Å². The molecule has 0 aliphatic carbocycles. The Morgan fingerprint density at radius 3 is 2.81 bits per heavy atom. The monoisotopic (exact) mass is 399 g/mol. The van der Waals surface area contributed by atoms with E-state index in [9.17, 15) is 4.79 Å². The molecule has 4 rings (SSSR count). The lowest BCUT2D eigenvalue weighted by molar-refractivity contribution is 0.243. The zero-order chi connectivity index (χ0) is 18.8. The van der Waals surface area contributed by atoms with E-state index in [4.69, 9.17) is 11.6 Å². The number of aromatic amines is 1. The Balaban J connectivity index is 1.47. The Morgan fingerprint density at radius 2 is 2.04 bits per heavy atom. The molecule has 27 heavy (non-hydrogen) atoms. The number of benzene rings is 1. The topological polar surface area (TPSA) is 49.0 Å². The van der Waals surface area contributed by atoms with Crippen molar-refractivity contribution in [2.24, 2.45) is 0 Å². The van der Waals surface area contributed by atoms with Crippen LogP contribution in [0.4, 0.5) is 0 Å². The van der Waals surface area contributed by atoms with Gasteiger partial charge in [0, 0.05) is 47.3 Å². The smallest absolute Gasteiger partial charge is 0.255 e. The predicted octanol–water partition coefficient (Wildman–Crippen LogP) is 4.66. The Kier molecular flexibility index (Phi) is 5.43. The fraction of sp³-hybridized carbons (Fsp3) is 0.333. The lowest BCUT2D eigenvalue weighted by Gasteiger charge is -2.27. The molecule has 2 aromatic heterocycles. The third-order valence-corrected chi connectivity index (χ3v) is 6.22. The number of fused-ring (bicyclic) bond motifs is 1. The number of thiophene rings is 1. The van der Waals surface area contributed by atoms with Gasteiger partial charge in [-0.3, -0.25) is 9.69 Å². The molecule has 6 heteroatoms. The van der Waals surface area contributed by atoms with Crippen LogP contribution >= 0.6 is 22.9 Å². The molecule has 1 aliphatic heterocycles. The van der Waals surface area contributed by atoms with E-state index >= 15 is 0 Å². The van der Waals surface area contributed by atoms with Crippen LogP contribution in [0.2, 0.25) is 5.02 Å². The summed E-state index contributed by atoms with van der Waals surface area (Å²) >= 11 is 7.77. The summed E-state index contributed by atoms with van der Waals surface area (Å²) in [7, 11) is 0. The van der Waals surface area contributed by atoms with Crippen LogP contribution in [-0.4, -0.2) is 21.4 Å². The molecule has 0 amide bonds. The van der Waals surface area contributed by atoms with Crippen LogP contribution in [0.5, 0.6) is 0 Å². The Bertz CT molecular complexity index is 993. The fourth-order valence-corrected chi connectivity index (χ4v) is 4.66. The zero-order valence-electron chi connectivity index (χ0n) is 15.3. The number of halogens is 1. The molecule has 3 aromatic rings. The molecule has 1 N–H and O–H groups in total. The van der Waals surface area contributed by atoms with Crippen molar-refractivity contribution in [3.05, 3.63) is 73.7 Å². The Morgan fingerprint density at radius 1 is 1.22 bits per heavy atom. The standard InChI is InChI=1S/C21H22ClN3OS/c1-2-3-20-23-18-10-11-25(13-17(18)21(26)24-20)12-16-8-9-19(27-16)14-4-6-15(22)7-5-14/h4-9H,2-3,10-13H2,1H3,(H,23,24,26). The summed E-state index contributed by atoms with van der Waals surface area (Å²) < 4.78 is 0. The van der Waals surface area contributed by atoms with Crippen LogP contribution < -0.4 is 5.56 Å². The lowest BCUT2D eigenvalue weighted by Crippen LogP contribution is -2.35. The highest BCUT2D eigenvalue weighted by atomic mass is 35.5. The third-order valence-electron chi connectivity index (χ3n) is 4.85. The molecular formula is C21H22ClN3OS. The second kappa shape index (κ2) is 7.97. The van der Waals surface area contributed by atoms with E-state index in [0.717, 1.165) is 54.5 Å². The first-order valence-electron chi connectivity index (χ1n) is 9.30. The number of hydrogen-bond acceptors (Lipinski definition) is 4. The molecule has 0 saturated carbocycles. The van der Waals surface area contributed by atoms with Crippen LogP contribution in [0, 0.1) is 0 Å². The molecule has 0 radical (unpaired) electrons. The molecular weight excluding hydrogens is 378 g/mol. The van der Waals surface area contributed by atoms with Gasteiger partial charge in [0.1, 0.15) is 5.82 Å². The average molecular weight is 400 g/mol. The Labute approximate surface area is 167 Å². The van der Waals surface area contributed by atoms with Crippen LogP contribution in [0.15, 0.2) is 41.2 Å². The van der Waals surface area contributed by atoms with E-state index in [1.807, 2.05) is 24.3 Å². The van der Waals surface area contributed by atoms with Crippen molar-refractivity contribution in [3.8, 4) is 10.4 Å². The summed E-state index contributed by atoms with van der Waals surface area (Å²) in [6.45, 7) is 4.55. The summed E-state index contributed by atoms with van der Waals surface area (Å²) in [6.07, 6.45) is 2.66. The highest BCUT2D eigenvalue weighted by Crippen LogP contribution is 2.30. The van der Waals surface area contributed by atoms with E-state index in [1.54, 1.807) is 11.3 Å². The number of H-pyrrole nitrogens is 1. The number of nitrogens with zero attached hydrogens (tertiary/aromatic N) is 2. The summed E-state index contributed by atoms with van der Waals surface area (Å²) in [5, 5.41) is 0.753. The average Bonchev–Trinajstić information content (AvgIpc) is 3.12. The maximum Gasteiger partial charge on any atom is 0.255 e. The van der Waals surface area contributed by atoms with Gasteiger partial charge in [-0.25, -0.2) is 4.98 Å². The first kappa shape index (κ1) is 18.4. The highest BCUT2D eigenvalue weighted by Gasteiger charge is 2.21. The van der Waals surface area contributed by atoms with Gasteiger partial charge in [-0.15, -0.1) is 11.3 Å². The van der Waals surface area contributed by atoms with Gasteiger partial charge >= 0.3 is 0 Å². The fourth-order valence-electron chi connectivity index (χ4n) is 3.48. The maximum atomic E-state index is 12.4. The summed E-state index contributed by atoms with van der Waals surface area (Å²) in [6, 6.07) is 12.3. The molecule has 0 spiro atoms. The number of aryl methyl sites for hydroxylation is 1. The van der Waals surface area contributed by atoms with Crippen LogP contribution in [0.25, 0.3) is 10.4 Å². The molecule has 0 bridgehead atoms. The molecule has 0 saturated heterocycles. The second-order valence-electron chi connectivity index (χ2n) is 6.92. The first-order chi connectivity index (χ1) is 13.1. The minimum Gasteiger partial charge on any atom is -0.310 e. The zero-order valence-corrected chi connectivity index (χ0v) is 16.9. The molecule has 0 atom stereocenters. The minimum atomic E-state index is 0.0289. The number of aromatic nitrogens is 2. The van der Waals surface area contributed by atoms with Gasteiger partial charge in [-0.2, -0.15) is 0 Å². The van der Waals surface area contributed by atoms with Crippen molar-refractivity contribution >= 4 is 22.9 Å². The van der Waals surface area contributed by atoms with Crippen LogP contribution in [0.3, 0.4) is 0 Å². The van der Waals surface area contributed by atoms with Gasteiger partial charge in [0.05, 0.1) is 11.3 Å². The van der Waals surface area contributed by atoms with Gasteiger partial charge in [0.15, 0.2) is 0 Å². The van der Waals surface area contributed by atoms with Crippen LogP contribution in [0.1, 0.15) is 35.3 Å². The lowest BCUT2D eigenvalue weighted by atomic mass is 10.1. The third kappa shape index (κ3) is 4.15. The van der Waals surface area contributed by atoms with Crippen molar-refractivity contribution < 1.29 is 0 Å². The quantitative estimate of drug-likeness (QED) is 0.678. The van der Waals surface area contributed by atoms with Crippen molar-refractivity contribution in [3.63, 3.8) is 0 Å². The van der Waals surface area contributed by atoms with Gasteiger partial charge < -0.3 is 4.98 Å². The number of nitrogens with one attached hydrogen (secondary N) is 1. The van der Waals surface area contributed by atoms with Gasteiger partial charge in [0.25, 0.3) is 5.56 Å². The molecule has 0 fully saturated rings. The van der Waals surface area contributed by atoms with Crippen molar-refractivity contribution in [2.75, 3.05) is 6.54 Å². The molecule has 4 nitrogen and oxygen atoms in total. The molecule has 140 valence electrons. The maximum absolute atomic E-state index is 12.4. The first-order valence-corrected chi connectivity index (χ1v) is 10.5. The van der Waals surface area contributed by atoms with E-state index in [-0.39, 0.29) is 5.56 Å². The number of rotatable bonds is 5. The van der Waals surface area contributed by atoms with E-state index in [1.165, 1.54) is 15.3 Å². The summed E-state index contributed by atoms with van der Waals surface area (Å²) in [5.74, 6) is 0.820. The van der Waals surface area contributed by atoms with Gasteiger partial charge in [-0.1, -0.05) is 30.7 Å². The van der Waals surface area contributed by atoms with E-state index in [0.29, 0.717) is 6.54 Å². The summed E-state index contributed by atoms with van der Waals surface area (Å²) in [5.41, 5.74) is 3.02. The van der Waals surface area contributed by atoms with E-state index < -0.39 is 0 Å². The van der Waals surface area contributed by atoms with Gasteiger partial charge in [-0.05, 0) is 36.2 Å². The highest BCUT2D eigenvalue weighted by molar-refractivity contribution is 7.15. The van der Waals surface area contributed by atoms with Gasteiger partial charge in [0.2, 0.25) is 0 Å². The molecule has 0 unspecified atom stereocenters. The second-order valence-corrected chi connectivity index (χ2v) is 8.53. The largest absolute Gasteiger partial charge is 0.310 e. The van der Waals surface area contributed by atoms with E-state index in [2.05, 4.69) is 33.9 Å². The molecule has 1 aliphatic rings. The molecule has 3 heterocycles. The van der Waals surface area contributed by atoms with Crippen molar-refractivity contribution in [1.82, 2.24) is 14.9 Å². The normalized spacial score (nSPS) is 14.3. The minimum absolute atomic E-state index is 0.0289. The summed E-state index contributed by atoms with van der Waals surface area (Å²) in [4.78, 5) is 24.9. The van der Waals surface area contributed by atoms with Crippen molar-refractivity contribution in [2.45, 2.75) is 39.3 Å². The SMILES string of the molecule is CCCc1nc2c(c(=O)[nH]1)CN(Cc1ccc(-c3ccc(Cl)cc3)s1)CC2. The predicted molar refractivity (Wildman–Crippen MR) is 111 cm³/mol. The van der Waals surface area contributed by atoms with Crippen molar-refractivity contribution in [1.29, 1.82) is 0 Å². The molecule has 1 aromatic carbocycles. The Hall–Kier alpha value is -1.95.